The molecule has 0 aliphatic carbocycles. The molecule has 3 nitrogen and oxygen atoms in total. The summed E-state index contributed by atoms with van der Waals surface area (Å²) < 4.78 is 18.5. The molecule has 1 aromatic carbocycles. The molecule has 1 N–H and O–H groups in total. The molecule has 0 saturated heterocycles. The number of ether oxygens (including phenoxy) is 1. The molecule has 1 aliphatic heterocycles. The van der Waals surface area contributed by atoms with Crippen LogP contribution in [0, 0.1) is 11.2 Å². The van der Waals surface area contributed by atoms with Gasteiger partial charge in [-0.3, -0.25) is 4.79 Å². The average Bonchev–Trinajstić information content (AvgIpc) is 2.60. The van der Waals surface area contributed by atoms with Crippen molar-refractivity contribution >= 4 is 5.97 Å². The first-order valence-corrected chi connectivity index (χ1v) is 5.10. The molecule has 0 amide bonds. The summed E-state index contributed by atoms with van der Waals surface area (Å²) in [5, 5.41) is 9.08. The molecule has 0 radical (unpaired) electrons. The summed E-state index contributed by atoms with van der Waals surface area (Å²) in [5.41, 5.74) is -0.241. The van der Waals surface area contributed by atoms with Crippen molar-refractivity contribution in [3.05, 3.63) is 29.6 Å². The summed E-state index contributed by atoms with van der Waals surface area (Å²) in [6.07, 6.45) is -0.00588. The fourth-order valence-electron chi connectivity index (χ4n) is 1.76. The summed E-state index contributed by atoms with van der Waals surface area (Å²) in [7, 11) is 0. The molecule has 0 spiro atoms. The monoisotopic (exact) mass is 224 g/mol. The van der Waals surface area contributed by atoms with Gasteiger partial charge >= 0.3 is 5.97 Å². The van der Waals surface area contributed by atoms with E-state index in [1.54, 1.807) is 19.9 Å². The number of aliphatic carboxylic acids is 1. The maximum Gasteiger partial charge on any atom is 0.312 e. The van der Waals surface area contributed by atoms with Crippen molar-refractivity contribution in [1.29, 1.82) is 0 Å². The number of carbonyl (C=O) groups is 1. The molecule has 0 aromatic heterocycles. The summed E-state index contributed by atoms with van der Waals surface area (Å²) in [4.78, 5) is 11.1. The Bertz CT molecular complexity index is 440. The lowest BCUT2D eigenvalue weighted by Crippen LogP contribution is -2.40. The second-order valence-corrected chi connectivity index (χ2v) is 4.59. The van der Waals surface area contributed by atoms with E-state index < -0.39 is 17.5 Å². The zero-order valence-corrected chi connectivity index (χ0v) is 9.16. The van der Waals surface area contributed by atoms with E-state index in [2.05, 4.69) is 0 Å². The summed E-state index contributed by atoms with van der Waals surface area (Å²) >= 11 is 0. The molecule has 0 bridgehead atoms. The second kappa shape index (κ2) is 3.47. The largest absolute Gasteiger partial charge is 0.489 e. The van der Waals surface area contributed by atoms with Gasteiger partial charge in [0, 0.05) is 12.0 Å². The van der Waals surface area contributed by atoms with Crippen molar-refractivity contribution in [1.82, 2.24) is 0 Å². The fourth-order valence-corrected chi connectivity index (χ4v) is 1.76. The molecule has 0 saturated carbocycles. The van der Waals surface area contributed by atoms with Crippen LogP contribution in [0.15, 0.2) is 18.2 Å². The molecule has 86 valence electrons. The molecule has 1 unspecified atom stereocenters. The lowest BCUT2D eigenvalue weighted by Gasteiger charge is -2.25. The highest BCUT2D eigenvalue weighted by Crippen LogP contribution is 2.37. The number of rotatable bonds is 2. The van der Waals surface area contributed by atoms with Crippen LogP contribution in [0.2, 0.25) is 0 Å². The van der Waals surface area contributed by atoms with Gasteiger partial charge in [0.2, 0.25) is 0 Å². The molecule has 16 heavy (non-hydrogen) atoms. The topological polar surface area (TPSA) is 46.5 Å². The van der Waals surface area contributed by atoms with Gasteiger partial charge in [-0.05, 0) is 32.0 Å². The Morgan fingerprint density at radius 3 is 2.88 bits per heavy atom. The number of carboxylic acid groups (broad SMARTS) is 1. The van der Waals surface area contributed by atoms with Gasteiger partial charge in [0.05, 0.1) is 5.41 Å². The number of benzene rings is 1. The number of halogens is 1. The minimum atomic E-state index is -0.977. The van der Waals surface area contributed by atoms with Crippen molar-refractivity contribution in [2.24, 2.45) is 5.41 Å². The van der Waals surface area contributed by atoms with Gasteiger partial charge < -0.3 is 9.84 Å². The van der Waals surface area contributed by atoms with Gasteiger partial charge in [0.25, 0.3) is 0 Å². The van der Waals surface area contributed by atoms with E-state index >= 15 is 0 Å². The molecule has 1 aliphatic rings. The normalized spacial score (nSPS) is 19.1. The first-order chi connectivity index (χ1) is 7.41. The van der Waals surface area contributed by atoms with Crippen molar-refractivity contribution < 1.29 is 19.0 Å². The van der Waals surface area contributed by atoms with Crippen LogP contribution in [0.1, 0.15) is 19.4 Å². The molecular weight excluding hydrogens is 211 g/mol. The summed E-state index contributed by atoms with van der Waals surface area (Å²) in [5.74, 6) is -0.650. The Morgan fingerprint density at radius 2 is 2.25 bits per heavy atom. The minimum Gasteiger partial charge on any atom is -0.489 e. The Kier molecular flexibility index (Phi) is 2.37. The third-order valence-corrected chi connectivity index (χ3v) is 3.05. The highest BCUT2D eigenvalue weighted by molar-refractivity contribution is 5.74. The number of hydrogen-bond acceptors (Lipinski definition) is 2. The molecule has 4 heteroatoms. The Labute approximate surface area is 92.9 Å². The zero-order chi connectivity index (χ0) is 11.9. The third kappa shape index (κ3) is 1.64. The Hall–Kier alpha value is -1.58. The fraction of sp³-hybridized carbons (Fsp3) is 0.417. The van der Waals surface area contributed by atoms with E-state index in [1.807, 2.05) is 0 Å². The third-order valence-electron chi connectivity index (χ3n) is 3.05. The van der Waals surface area contributed by atoms with Crippen LogP contribution in [0.4, 0.5) is 4.39 Å². The number of carboxylic acids is 1. The van der Waals surface area contributed by atoms with E-state index in [1.165, 1.54) is 12.1 Å². The maximum atomic E-state index is 13.0. The summed E-state index contributed by atoms with van der Waals surface area (Å²) in [6.45, 7) is 3.23. The molecule has 0 fully saturated rings. The molecule has 2 rings (SSSR count). The van der Waals surface area contributed by atoms with E-state index in [0.717, 1.165) is 5.56 Å². The van der Waals surface area contributed by atoms with Crippen molar-refractivity contribution in [3.8, 4) is 5.75 Å². The van der Waals surface area contributed by atoms with Gasteiger partial charge in [-0.15, -0.1) is 0 Å². The zero-order valence-electron chi connectivity index (χ0n) is 9.16. The smallest absolute Gasteiger partial charge is 0.312 e. The summed E-state index contributed by atoms with van der Waals surface area (Å²) in [6, 6.07) is 4.25. The van der Waals surface area contributed by atoms with Crippen molar-refractivity contribution in [2.45, 2.75) is 26.4 Å². The van der Waals surface area contributed by atoms with Gasteiger partial charge in [0.1, 0.15) is 17.7 Å². The van der Waals surface area contributed by atoms with Crippen LogP contribution in [0.3, 0.4) is 0 Å². The molecule has 1 heterocycles. The molecular formula is C12H13FO3. The van der Waals surface area contributed by atoms with Crippen LogP contribution in [0.25, 0.3) is 0 Å². The van der Waals surface area contributed by atoms with Gasteiger partial charge in [-0.25, -0.2) is 4.39 Å². The highest BCUT2D eigenvalue weighted by atomic mass is 19.1. The predicted octanol–water partition coefficient (Wildman–Crippen LogP) is 2.24. The Morgan fingerprint density at radius 1 is 1.56 bits per heavy atom. The second-order valence-electron chi connectivity index (χ2n) is 4.59. The number of fused-ring (bicyclic) bond motifs is 1. The Balaban J connectivity index is 2.26. The van der Waals surface area contributed by atoms with Crippen LogP contribution >= 0.6 is 0 Å². The van der Waals surface area contributed by atoms with Crippen LogP contribution in [-0.2, 0) is 11.2 Å². The first kappa shape index (κ1) is 10.9. The maximum absolute atomic E-state index is 13.0. The minimum absolute atomic E-state index is 0.323. The van der Waals surface area contributed by atoms with Crippen molar-refractivity contribution in [3.63, 3.8) is 0 Å². The van der Waals surface area contributed by atoms with E-state index in [0.29, 0.717) is 12.2 Å². The van der Waals surface area contributed by atoms with E-state index in [-0.39, 0.29) is 5.82 Å². The molecule has 1 aromatic rings. The lowest BCUT2D eigenvalue weighted by molar-refractivity contribution is -0.151. The molecule has 1 atom stereocenters. The van der Waals surface area contributed by atoms with Crippen LogP contribution < -0.4 is 4.74 Å². The SMILES string of the molecule is CC(C)(C(=O)O)C1Cc2cc(F)ccc2O1. The first-order valence-electron chi connectivity index (χ1n) is 5.10. The quantitative estimate of drug-likeness (QED) is 0.838. The highest BCUT2D eigenvalue weighted by Gasteiger charge is 2.42. The lowest BCUT2D eigenvalue weighted by atomic mass is 9.84. The number of hydrogen-bond donors (Lipinski definition) is 1. The van der Waals surface area contributed by atoms with E-state index in [9.17, 15) is 9.18 Å². The van der Waals surface area contributed by atoms with Crippen LogP contribution in [-0.4, -0.2) is 17.2 Å². The average molecular weight is 224 g/mol. The van der Waals surface area contributed by atoms with Gasteiger partial charge in [-0.1, -0.05) is 0 Å². The van der Waals surface area contributed by atoms with Crippen LogP contribution in [0.5, 0.6) is 5.75 Å². The van der Waals surface area contributed by atoms with Gasteiger partial charge in [0.15, 0.2) is 0 Å². The van der Waals surface area contributed by atoms with Gasteiger partial charge in [-0.2, -0.15) is 0 Å². The predicted molar refractivity (Wildman–Crippen MR) is 55.9 cm³/mol. The van der Waals surface area contributed by atoms with E-state index in [4.69, 9.17) is 9.84 Å². The standard InChI is InChI=1S/C12H13FO3/c1-12(2,11(14)15)10-6-7-5-8(13)3-4-9(7)16-10/h3-5,10H,6H2,1-2H3,(H,14,15). The van der Waals surface area contributed by atoms with Crippen molar-refractivity contribution in [2.75, 3.05) is 0 Å².